The van der Waals surface area contributed by atoms with Crippen LogP contribution in [0.3, 0.4) is 0 Å². The molecule has 106 valence electrons. The number of carbonyl (C=O) groups excluding carboxylic acids is 1. The Morgan fingerprint density at radius 3 is 3.19 bits per heavy atom. The number of anilines is 1. The van der Waals surface area contributed by atoms with Crippen molar-refractivity contribution in [3.63, 3.8) is 0 Å². The van der Waals surface area contributed by atoms with E-state index in [1.807, 2.05) is 6.92 Å². The molecule has 0 saturated heterocycles. The molecule has 0 bridgehead atoms. The Balaban J connectivity index is 1.90. The van der Waals surface area contributed by atoms with Gasteiger partial charge in [-0.15, -0.1) is 11.3 Å². The van der Waals surface area contributed by atoms with E-state index in [2.05, 4.69) is 21.7 Å². The predicted octanol–water partition coefficient (Wildman–Crippen LogP) is 2.22. The van der Waals surface area contributed by atoms with Crippen molar-refractivity contribution in [1.82, 2.24) is 10.3 Å². The maximum Gasteiger partial charge on any atom is 0.256 e. The molecule has 21 heavy (non-hydrogen) atoms. The largest absolute Gasteiger partial charge is 0.312 e. The van der Waals surface area contributed by atoms with E-state index < -0.39 is 0 Å². The van der Waals surface area contributed by atoms with Crippen LogP contribution in [-0.2, 0) is 13.0 Å². The molecule has 2 aromatic heterocycles. The van der Waals surface area contributed by atoms with Crippen molar-refractivity contribution in [2.45, 2.75) is 19.9 Å². The third-order valence-electron chi connectivity index (χ3n) is 3.43. The number of nitriles is 1. The molecule has 3 heterocycles. The second-order valence-electron chi connectivity index (χ2n) is 4.89. The second kappa shape index (κ2) is 5.64. The molecule has 0 atom stereocenters. The fourth-order valence-corrected chi connectivity index (χ4v) is 3.57. The summed E-state index contributed by atoms with van der Waals surface area (Å²) in [5.74, 6) is -0.205. The molecular formula is C15H14N4OS. The van der Waals surface area contributed by atoms with E-state index >= 15 is 0 Å². The minimum atomic E-state index is -0.205. The molecule has 0 aromatic carbocycles. The van der Waals surface area contributed by atoms with Gasteiger partial charge in [0.15, 0.2) is 0 Å². The summed E-state index contributed by atoms with van der Waals surface area (Å²) in [5.41, 5.74) is 3.02. The highest BCUT2D eigenvalue weighted by molar-refractivity contribution is 7.16. The zero-order valence-corrected chi connectivity index (χ0v) is 12.4. The Labute approximate surface area is 126 Å². The number of hydrogen-bond acceptors (Lipinski definition) is 5. The normalized spacial score (nSPS) is 13.3. The van der Waals surface area contributed by atoms with Crippen LogP contribution in [0.5, 0.6) is 0 Å². The maximum atomic E-state index is 12.3. The molecule has 2 aromatic rings. The monoisotopic (exact) mass is 298 g/mol. The predicted molar refractivity (Wildman–Crippen MR) is 81.4 cm³/mol. The molecule has 1 aliphatic heterocycles. The van der Waals surface area contributed by atoms with Crippen molar-refractivity contribution < 1.29 is 4.79 Å². The van der Waals surface area contributed by atoms with Gasteiger partial charge in [0, 0.05) is 28.9 Å². The number of carbonyl (C=O) groups is 1. The summed E-state index contributed by atoms with van der Waals surface area (Å²) in [6, 6.07) is 5.63. The van der Waals surface area contributed by atoms with E-state index in [-0.39, 0.29) is 5.91 Å². The van der Waals surface area contributed by atoms with Gasteiger partial charge in [0.05, 0.1) is 5.56 Å². The quantitative estimate of drug-likeness (QED) is 0.891. The molecule has 5 nitrogen and oxygen atoms in total. The molecular weight excluding hydrogens is 284 g/mol. The van der Waals surface area contributed by atoms with Gasteiger partial charge in [-0.3, -0.25) is 9.78 Å². The van der Waals surface area contributed by atoms with E-state index in [1.165, 1.54) is 11.3 Å². The number of amides is 1. The zero-order valence-electron chi connectivity index (χ0n) is 11.6. The Morgan fingerprint density at radius 1 is 1.57 bits per heavy atom. The van der Waals surface area contributed by atoms with Crippen LogP contribution >= 0.6 is 11.3 Å². The van der Waals surface area contributed by atoms with E-state index in [1.54, 1.807) is 18.3 Å². The Kier molecular flexibility index (Phi) is 3.69. The average molecular weight is 298 g/mol. The number of hydrogen-bond donors (Lipinski definition) is 2. The summed E-state index contributed by atoms with van der Waals surface area (Å²) < 4.78 is 0. The lowest BCUT2D eigenvalue weighted by Crippen LogP contribution is -2.22. The summed E-state index contributed by atoms with van der Waals surface area (Å²) in [4.78, 5) is 17.5. The standard InChI is InChI=1S/C15H14N4OS/c1-9-6-10(2-5-18-9)14(20)19-15-12(7-16)11-3-4-17-8-13(11)21-15/h2,5-6,17H,3-4,8H2,1H3,(H,19,20). The van der Waals surface area contributed by atoms with E-state index in [0.29, 0.717) is 16.1 Å². The molecule has 2 N–H and O–H groups in total. The number of rotatable bonds is 2. The molecule has 1 aliphatic rings. The first-order chi connectivity index (χ1) is 10.2. The number of nitrogens with zero attached hydrogens (tertiary/aromatic N) is 2. The van der Waals surface area contributed by atoms with Crippen LogP contribution in [0, 0.1) is 18.3 Å². The van der Waals surface area contributed by atoms with Gasteiger partial charge in [-0.2, -0.15) is 5.26 Å². The Hall–Kier alpha value is -2.23. The highest BCUT2D eigenvalue weighted by atomic mass is 32.1. The van der Waals surface area contributed by atoms with Crippen LogP contribution in [-0.4, -0.2) is 17.4 Å². The molecule has 0 aliphatic carbocycles. The van der Waals surface area contributed by atoms with Gasteiger partial charge in [0.1, 0.15) is 11.1 Å². The lowest BCUT2D eigenvalue weighted by Gasteiger charge is -2.11. The first-order valence-electron chi connectivity index (χ1n) is 6.68. The fraction of sp³-hybridized carbons (Fsp3) is 0.267. The van der Waals surface area contributed by atoms with E-state index in [4.69, 9.17) is 0 Å². The number of aryl methyl sites for hydroxylation is 1. The highest BCUT2D eigenvalue weighted by Crippen LogP contribution is 2.35. The topological polar surface area (TPSA) is 77.8 Å². The number of fused-ring (bicyclic) bond motifs is 1. The van der Waals surface area contributed by atoms with Crippen LogP contribution in [0.15, 0.2) is 18.3 Å². The van der Waals surface area contributed by atoms with Gasteiger partial charge >= 0.3 is 0 Å². The molecule has 0 radical (unpaired) electrons. The van der Waals surface area contributed by atoms with Crippen molar-refractivity contribution in [3.8, 4) is 6.07 Å². The van der Waals surface area contributed by atoms with Crippen LogP contribution in [0.1, 0.15) is 32.1 Å². The highest BCUT2D eigenvalue weighted by Gasteiger charge is 2.21. The average Bonchev–Trinajstić information content (AvgIpc) is 2.84. The van der Waals surface area contributed by atoms with Gasteiger partial charge in [0.2, 0.25) is 0 Å². The molecule has 0 spiro atoms. The zero-order chi connectivity index (χ0) is 14.8. The lowest BCUT2D eigenvalue weighted by atomic mass is 10.0. The van der Waals surface area contributed by atoms with Crippen molar-refractivity contribution in [3.05, 3.63) is 45.6 Å². The summed E-state index contributed by atoms with van der Waals surface area (Å²) in [7, 11) is 0. The molecule has 0 unspecified atom stereocenters. The van der Waals surface area contributed by atoms with Crippen LogP contribution < -0.4 is 10.6 Å². The van der Waals surface area contributed by atoms with Crippen molar-refractivity contribution in [1.29, 1.82) is 5.26 Å². The number of nitrogens with one attached hydrogen (secondary N) is 2. The SMILES string of the molecule is Cc1cc(C(=O)Nc2sc3c(c2C#N)CCNC3)ccn1. The first kappa shape index (κ1) is 13.7. The van der Waals surface area contributed by atoms with Gasteiger partial charge < -0.3 is 10.6 Å². The summed E-state index contributed by atoms with van der Waals surface area (Å²) in [6.45, 7) is 3.47. The van der Waals surface area contributed by atoms with Crippen LogP contribution in [0.25, 0.3) is 0 Å². The summed E-state index contributed by atoms with van der Waals surface area (Å²) in [6.07, 6.45) is 2.44. The van der Waals surface area contributed by atoms with Crippen molar-refractivity contribution in [2.75, 3.05) is 11.9 Å². The fourth-order valence-electron chi connectivity index (χ4n) is 2.40. The second-order valence-corrected chi connectivity index (χ2v) is 5.99. The minimum absolute atomic E-state index is 0.205. The third-order valence-corrected chi connectivity index (χ3v) is 4.57. The number of aromatic nitrogens is 1. The minimum Gasteiger partial charge on any atom is -0.312 e. The van der Waals surface area contributed by atoms with Crippen LogP contribution in [0.4, 0.5) is 5.00 Å². The molecule has 0 saturated carbocycles. The van der Waals surface area contributed by atoms with Crippen LogP contribution in [0.2, 0.25) is 0 Å². The maximum absolute atomic E-state index is 12.3. The third kappa shape index (κ3) is 2.66. The number of pyridine rings is 1. The smallest absolute Gasteiger partial charge is 0.256 e. The molecule has 1 amide bonds. The van der Waals surface area contributed by atoms with Gasteiger partial charge in [0.25, 0.3) is 5.91 Å². The van der Waals surface area contributed by atoms with Gasteiger partial charge in [-0.1, -0.05) is 0 Å². The van der Waals surface area contributed by atoms with Gasteiger partial charge in [-0.05, 0) is 37.6 Å². The number of thiophene rings is 1. The van der Waals surface area contributed by atoms with Gasteiger partial charge in [-0.25, -0.2) is 0 Å². The summed E-state index contributed by atoms with van der Waals surface area (Å²) in [5, 5.41) is 16.2. The van der Waals surface area contributed by atoms with Crippen molar-refractivity contribution >= 4 is 22.2 Å². The Morgan fingerprint density at radius 2 is 2.43 bits per heavy atom. The van der Waals surface area contributed by atoms with E-state index in [9.17, 15) is 10.1 Å². The lowest BCUT2D eigenvalue weighted by molar-refractivity contribution is 0.102. The molecule has 3 rings (SSSR count). The molecule has 6 heteroatoms. The summed E-state index contributed by atoms with van der Waals surface area (Å²) >= 11 is 1.48. The van der Waals surface area contributed by atoms with E-state index in [0.717, 1.165) is 35.6 Å². The Bertz CT molecular complexity index is 745. The first-order valence-corrected chi connectivity index (χ1v) is 7.50. The van der Waals surface area contributed by atoms with Crippen molar-refractivity contribution in [2.24, 2.45) is 0 Å². The molecule has 0 fully saturated rings.